The third kappa shape index (κ3) is 5.54. The molecule has 61 heavy (non-hydrogen) atoms. The van der Waals surface area contributed by atoms with Gasteiger partial charge in [-0.3, -0.25) is 19.3 Å². The predicted molar refractivity (Wildman–Crippen MR) is 226 cm³/mol. The van der Waals surface area contributed by atoms with E-state index < -0.39 is 63.5 Å². The summed E-state index contributed by atoms with van der Waals surface area (Å²) in [5.41, 5.74) is -2.70. The number of ether oxygens (including phenoxy) is 4. The van der Waals surface area contributed by atoms with Crippen LogP contribution in [0, 0.1) is 17.3 Å². The lowest BCUT2D eigenvalue weighted by Crippen LogP contribution is -2.81. The third-order valence-electron chi connectivity index (χ3n) is 16.3. The zero-order valence-electron chi connectivity index (χ0n) is 36.1. The van der Waals surface area contributed by atoms with Gasteiger partial charge >= 0.3 is 17.9 Å². The van der Waals surface area contributed by atoms with Crippen molar-refractivity contribution in [1.82, 2.24) is 9.88 Å². The summed E-state index contributed by atoms with van der Waals surface area (Å²) >= 11 is 0. The molecular formula is C48H59N3O10. The first-order valence-corrected chi connectivity index (χ1v) is 22.0. The maximum absolute atomic E-state index is 15.4. The van der Waals surface area contributed by atoms with E-state index in [0.29, 0.717) is 93.4 Å². The molecule has 3 aliphatic carbocycles. The number of aryl methyl sites for hydroxylation is 1. The van der Waals surface area contributed by atoms with Gasteiger partial charge in [-0.15, -0.1) is 0 Å². The molecule has 4 unspecified atom stereocenters. The molecule has 1 spiro atoms. The topological polar surface area (TPSA) is 168 Å². The van der Waals surface area contributed by atoms with Crippen molar-refractivity contribution in [3.63, 3.8) is 0 Å². The van der Waals surface area contributed by atoms with E-state index in [9.17, 15) is 24.6 Å². The number of para-hydroxylation sites is 1. The molecule has 3 fully saturated rings. The van der Waals surface area contributed by atoms with Gasteiger partial charge in [-0.2, -0.15) is 0 Å². The smallest absolute Gasteiger partial charge is 0.344 e. The highest BCUT2D eigenvalue weighted by molar-refractivity contribution is 5.96. The molecule has 3 N–H and O–H groups in total. The number of hydrogen-bond acceptors (Lipinski definition) is 11. The SMILES string of the molecule is CC[C@]1(O)CCC2CC(CCc3c([nH]c4ccccc34)[C@@](C(=O)OC)(c3cc4c(cc3OC)N(C=O)C3[C@]45CCN4CC=C[C@](CC)(C45)[C@@H](OC(C)=O)[C@]3(O)C(=O)OC)C2)C1. The van der Waals surface area contributed by atoms with E-state index >= 15 is 4.79 Å². The second-order valence-electron chi connectivity index (χ2n) is 18.8. The molecule has 6 aliphatic rings. The number of carbonyl (C=O) groups is 4. The number of rotatable bonds is 8. The second-order valence-corrected chi connectivity index (χ2v) is 18.8. The summed E-state index contributed by atoms with van der Waals surface area (Å²) in [6.45, 7) is 6.39. The highest BCUT2D eigenvalue weighted by Gasteiger charge is 2.81. The number of aromatic amines is 1. The Kier molecular flexibility index (Phi) is 10.0. The lowest BCUT2D eigenvalue weighted by Gasteiger charge is -2.63. The number of amides is 1. The van der Waals surface area contributed by atoms with Gasteiger partial charge in [0.25, 0.3) is 0 Å². The van der Waals surface area contributed by atoms with E-state index in [1.165, 1.54) is 26.0 Å². The summed E-state index contributed by atoms with van der Waals surface area (Å²) in [4.78, 5) is 64.0. The van der Waals surface area contributed by atoms with Crippen molar-refractivity contribution in [3.8, 4) is 5.75 Å². The van der Waals surface area contributed by atoms with Crippen LogP contribution in [-0.4, -0.2) is 108 Å². The molecule has 13 nitrogen and oxygen atoms in total. The summed E-state index contributed by atoms with van der Waals surface area (Å²) in [5.74, 6) is -1.58. The average Bonchev–Trinajstić information content (AvgIpc) is 3.91. The van der Waals surface area contributed by atoms with Crippen molar-refractivity contribution in [1.29, 1.82) is 0 Å². The molecule has 3 aliphatic heterocycles. The number of aliphatic hydroxyl groups is 2. The van der Waals surface area contributed by atoms with Crippen LogP contribution in [0.1, 0.15) is 101 Å². The van der Waals surface area contributed by atoms with Crippen LogP contribution in [0.15, 0.2) is 48.6 Å². The molecule has 1 amide bonds. The van der Waals surface area contributed by atoms with Crippen molar-refractivity contribution in [3.05, 3.63) is 70.9 Å². The predicted octanol–water partition coefficient (Wildman–Crippen LogP) is 5.39. The Morgan fingerprint density at radius 3 is 2.38 bits per heavy atom. The van der Waals surface area contributed by atoms with E-state index in [0.717, 1.165) is 35.0 Å². The van der Waals surface area contributed by atoms with E-state index in [1.54, 1.807) is 13.2 Å². The fraction of sp³-hybridized carbons (Fsp3) is 0.583. The van der Waals surface area contributed by atoms with Crippen LogP contribution in [0.2, 0.25) is 0 Å². The quantitative estimate of drug-likeness (QED) is 0.115. The van der Waals surface area contributed by atoms with E-state index in [-0.39, 0.29) is 11.8 Å². The number of fused-ring (bicyclic) bond motifs is 6. The fourth-order valence-electron chi connectivity index (χ4n) is 13.9. The zero-order chi connectivity index (χ0) is 43.3. The van der Waals surface area contributed by atoms with Crippen molar-refractivity contribution in [2.75, 3.05) is 39.3 Å². The van der Waals surface area contributed by atoms with Crippen LogP contribution in [0.3, 0.4) is 0 Å². The van der Waals surface area contributed by atoms with Crippen LogP contribution in [0.25, 0.3) is 10.9 Å². The van der Waals surface area contributed by atoms with Crippen LogP contribution in [-0.2, 0) is 50.6 Å². The van der Waals surface area contributed by atoms with Gasteiger partial charge in [-0.1, -0.05) is 44.2 Å². The average molecular weight is 838 g/mol. The number of methoxy groups -OCH3 is 3. The lowest BCUT2D eigenvalue weighted by molar-refractivity contribution is -0.228. The summed E-state index contributed by atoms with van der Waals surface area (Å²) in [5, 5.41) is 26.2. The molecule has 13 heteroatoms. The Bertz CT molecular complexity index is 2320. The number of anilines is 1. The number of esters is 3. The van der Waals surface area contributed by atoms with Gasteiger partial charge in [0.15, 0.2) is 6.10 Å². The summed E-state index contributed by atoms with van der Waals surface area (Å²) in [6, 6.07) is 10.1. The number of nitrogens with zero attached hydrogens (tertiary/aromatic N) is 2. The summed E-state index contributed by atoms with van der Waals surface area (Å²) in [7, 11) is 4.14. The third-order valence-corrected chi connectivity index (χ3v) is 16.3. The molecule has 3 aromatic rings. The minimum absolute atomic E-state index is 0.0131. The number of carbonyl (C=O) groups excluding carboxylic acids is 4. The minimum Gasteiger partial charge on any atom is -0.496 e. The van der Waals surface area contributed by atoms with Crippen molar-refractivity contribution in [2.45, 2.75) is 125 Å². The Morgan fingerprint density at radius 2 is 1.69 bits per heavy atom. The largest absolute Gasteiger partial charge is 0.496 e. The first-order chi connectivity index (χ1) is 29.3. The molecule has 1 saturated heterocycles. The summed E-state index contributed by atoms with van der Waals surface area (Å²) in [6.07, 6.45) is 9.37. The highest BCUT2D eigenvalue weighted by atomic mass is 16.6. The number of nitrogens with one attached hydrogen (secondary N) is 1. The standard InChI is InChI=1S/C48H59N3O10/c1-7-44(56)18-16-30-22-29(25-44)14-15-32-31-12-9-10-13-35(31)49-38(32)47(26-30,42(54)59-5)34-23-33-36(24-37(34)58-4)51(27-52)40-46(33)19-21-50-20-11-17-45(8-2,39(46)50)41(61-28(3)53)48(40,57)43(55)60-6/h9-13,17,23-24,27,29-30,39-41,49,56-57H,7-8,14-16,18-22,25-26H2,1-6H3/t29?,30?,39?,40?,41-,44+,45-,46-,47+,48+/m1/s1. The number of H-pyrrole nitrogens is 1. The van der Waals surface area contributed by atoms with E-state index in [1.807, 2.05) is 50.3 Å². The van der Waals surface area contributed by atoms with Crippen molar-refractivity contribution in [2.24, 2.45) is 17.3 Å². The molecule has 2 bridgehead atoms. The Labute approximate surface area is 356 Å². The number of benzene rings is 2. The van der Waals surface area contributed by atoms with Gasteiger partial charge in [-0.05, 0) is 106 Å². The molecule has 2 aromatic carbocycles. The summed E-state index contributed by atoms with van der Waals surface area (Å²) < 4.78 is 23.8. The Morgan fingerprint density at radius 1 is 0.934 bits per heavy atom. The zero-order valence-corrected chi connectivity index (χ0v) is 36.1. The van der Waals surface area contributed by atoms with E-state index in [2.05, 4.69) is 16.0 Å². The van der Waals surface area contributed by atoms with Crippen LogP contribution in [0.4, 0.5) is 5.69 Å². The lowest BCUT2D eigenvalue weighted by atomic mass is 9.47. The molecule has 4 heterocycles. The molecule has 326 valence electrons. The Balaban J connectivity index is 1.37. The van der Waals surface area contributed by atoms with Crippen LogP contribution >= 0.6 is 0 Å². The first-order valence-electron chi connectivity index (χ1n) is 22.0. The fourth-order valence-corrected chi connectivity index (χ4v) is 13.9. The maximum Gasteiger partial charge on any atom is 0.344 e. The van der Waals surface area contributed by atoms with Gasteiger partial charge in [0, 0.05) is 58.6 Å². The molecule has 9 rings (SSSR count). The normalized spacial score (nSPS) is 36.3. The van der Waals surface area contributed by atoms with Gasteiger partial charge < -0.3 is 39.0 Å². The van der Waals surface area contributed by atoms with Gasteiger partial charge in [0.05, 0.1) is 38.7 Å². The molecule has 1 aromatic heterocycles. The minimum atomic E-state index is -2.52. The van der Waals surface area contributed by atoms with Gasteiger partial charge in [0.1, 0.15) is 11.2 Å². The van der Waals surface area contributed by atoms with Crippen LogP contribution < -0.4 is 9.64 Å². The highest BCUT2D eigenvalue weighted by Crippen LogP contribution is 2.68. The molecule has 2 saturated carbocycles. The van der Waals surface area contributed by atoms with E-state index in [4.69, 9.17) is 18.9 Å². The molecule has 10 atom stereocenters. The number of aromatic nitrogens is 1. The molecular weight excluding hydrogens is 779 g/mol. The first kappa shape index (κ1) is 41.6. The maximum atomic E-state index is 15.4. The van der Waals surface area contributed by atoms with Gasteiger partial charge in [0.2, 0.25) is 12.0 Å². The monoisotopic (exact) mass is 837 g/mol. The Hall–Kier alpha value is -4.72. The van der Waals surface area contributed by atoms with Gasteiger partial charge in [-0.25, -0.2) is 4.79 Å². The van der Waals surface area contributed by atoms with Crippen molar-refractivity contribution < 1.29 is 48.3 Å². The molecule has 0 radical (unpaired) electrons. The second kappa shape index (κ2) is 14.7. The number of hydrogen-bond donors (Lipinski definition) is 3. The van der Waals surface area contributed by atoms with Crippen molar-refractivity contribution >= 4 is 40.9 Å². The van der Waals surface area contributed by atoms with Crippen LogP contribution in [0.5, 0.6) is 5.75 Å².